The van der Waals surface area contributed by atoms with Gasteiger partial charge in [-0.1, -0.05) is 19.3 Å². The Balaban J connectivity index is 1.75. The number of benzene rings is 1. The molecule has 4 nitrogen and oxygen atoms in total. The van der Waals surface area contributed by atoms with Crippen LogP contribution < -0.4 is 10.2 Å². The number of anilines is 1. The average molecular weight is 300 g/mol. The molecule has 118 valence electrons. The number of hydrogen-bond acceptors (Lipinski definition) is 2. The number of nitrogens with zero attached hydrogens (tertiary/aromatic N) is 1. The Kier molecular flexibility index (Phi) is 4.46. The molecule has 0 unspecified atom stereocenters. The third-order valence-corrected chi connectivity index (χ3v) is 4.78. The minimum absolute atomic E-state index is 0.0171. The van der Waals surface area contributed by atoms with Gasteiger partial charge in [0.1, 0.15) is 0 Å². The van der Waals surface area contributed by atoms with E-state index in [9.17, 15) is 9.59 Å². The summed E-state index contributed by atoms with van der Waals surface area (Å²) < 4.78 is 0. The lowest BCUT2D eigenvalue weighted by molar-refractivity contribution is 0.101. The van der Waals surface area contributed by atoms with Crippen LogP contribution in [0.3, 0.4) is 0 Å². The summed E-state index contributed by atoms with van der Waals surface area (Å²) in [5.74, 6) is 0.0755. The third kappa shape index (κ3) is 3.16. The first kappa shape index (κ1) is 15.1. The zero-order valence-corrected chi connectivity index (χ0v) is 13.2. The molecule has 0 saturated heterocycles. The SMILES string of the molecule is CC(=O)c1ccc2c(c1)CCCN2C(=O)NC1CCCCC1. The molecule has 1 fully saturated rings. The highest BCUT2D eigenvalue weighted by atomic mass is 16.2. The number of urea groups is 1. The molecule has 1 aromatic carbocycles. The maximum Gasteiger partial charge on any atom is 0.322 e. The third-order valence-electron chi connectivity index (χ3n) is 4.78. The van der Waals surface area contributed by atoms with Gasteiger partial charge in [0.2, 0.25) is 0 Å². The number of carbonyl (C=O) groups is 2. The molecule has 3 rings (SSSR count). The first-order valence-corrected chi connectivity index (χ1v) is 8.37. The Morgan fingerprint density at radius 3 is 2.64 bits per heavy atom. The molecule has 0 radical (unpaired) electrons. The summed E-state index contributed by atoms with van der Waals surface area (Å²) in [7, 11) is 0. The Morgan fingerprint density at radius 2 is 1.91 bits per heavy atom. The molecule has 1 saturated carbocycles. The zero-order valence-electron chi connectivity index (χ0n) is 13.2. The lowest BCUT2D eigenvalue weighted by Gasteiger charge is -2.32. The predicted octanol–water partition coefficient (Wildman–Crippen LogP) is 3.68. The van der Waals surface area contributed by atoms with Gasteiger partial charge in [-0.15, -0.1) is 0 Å². The van der Waals surface area contributed by atoms with E-state index in [2.05, 4.69) is 5.32 Å². The molecule has 1 aliphatic heterocycles. The van der Waals surface area contributed by atoms with Crippen molar-refractivity contribution in [3.63, 3.8) is 0 Å². The number of carbonyl (C=O) groups excluding carboxylic acids is 2. The monoisotopic (exact) mass is 300 g/mol. The molecule has 1 aromatic rings. The number of hydrogen-bond donors (Lipinski definition) is 1. The van der Waals surface area contributed by atoms with E-state index in [1.165, 1.54) is 19.3 Å². The molecule has 22 heavy (non-hydrogen) atoms. The fourth-order valence-corrected chi connectivity index (χ4v) is 3.53. The minimum atomic E-state index is 0.0171. The van der Waals surface area contributed by atoms with Crippen LogP contribution >= 0.6 is 0 Å². The number of rotatable bonds is 2. The van der Waals surface area contributed by atoms with Crippen molar-refractivity contribution in [3.05, 3.63) is 29.3 Å². The van der Waals surface area contributed by atoms with Gasteiger partial charge in [-0.05, 0) is 56.4 Å². The second-order valence-corrected chi connectivity index (χ2v) is 6.44. The van der Waals surface area contributed by atoms with E-state index in [0.29, 0.717) is 6.04 Å². The van der Waals surface area contributed by atoms with E-state index in [0.717, 1.165) is 49.0 Å². The number of aryl methyl sites for hydroxylation is 1. The fraction of sp³-hybridized carbons (Fsp3) is 0.556. The number of nitrogens with one attached hydrogen (secondary N) is 1. The largest absolute Gasteiger partial charge is 0.335 e. The van der Waals surface area contributed by atoms with Crippen LogP contribution in [-0.4, -0.2) is 24.4 Å². The molecule has 1 aliphatic carbocycles. The molecule has 4 heteroatoms. The zero-order chi connectivity index (χ0) is 15.5. The van der Waals surface area contributed by atoms with Crippen molar-refractivity contribution in [3.8, 4) is 0 Å². The van der Waals surface area contributed by atoms with Crippen molar-refractivity contribution in [2.24, 2.45) is 0 Å². The van der Waals surface area contributed by atoms with E-state index < -0.39 is 0 Å². The van der Waals surface area contributed by atoms with Crippen LogP contribution in [0.1, 0.15) is 61.4 Å². The summed E-state index contributed by atoms with van der Waals surface area (Å²) in [5.41, 5.74) is 2.80. The smallest absolute Gasteiger partial charge is 0.322 e. The number of fused-ring (bicyclic) bond motifs is 1. The number of Topliss-reactive ketones (excluding diaryl/α,β-unsaturated/α-hetero) is 1. The van der Waals surface area contributed by atoms with Gasteiger partial charge in [-0.25, -0.2) is 4.79 Å². The summed E-state index contributed by atoms with van der Waals surface area (Å²) >= 11 is 0. The lowest BCUT2D eigenvalue weighted by Crippen LogP contribution is -2.47. The standard InChI is InChI=1S/C18H24N2O2/c1-13(21)14-9-10-17-15(12-14)6-5-11-20(17)18(22)19-16-7-3-2-4-8-16/h9-10,12,16H,2-8,11H2,1H3,(H,19,22). The van der Waals surface area contributed by atoms with Gasteiger partial charge in [-0.2, -0.15) is 0 Å². The highest BCUT2D eigenvalue weighted by molar-refractivity contribution is 5.97. The number of amides is 2. The first-order valence-electron chi connectivity index (χ1n) is 8.37. The maximum absolute atomic E-state index is 12.6. The lowest BCUT2D eigenvalue weighted by atomic mass is 9.95. The van der Waals surface area contributed by atoms with Gasteiger partial charge in [0.05, 0.1) is 0 Å². The van der Waals surface area contributed by atoms with Gasteiger partial charge in [0, 0.05) is 23.8 Å². The highest BCUT2D eigenvalue weighted by Gasteiger charge is 2.25. The van der Waals surface area contributed by atoms with Crippen molar-refractivity contribution in [2.75, 3.05) is 11.4 Å². The van der Waals surface area contributed by atoms with Crippen LogP contribution in [0.4, 0.5) is 10.5 Å². The molecular formula is C18H24N2O2. The average Bonchev–Trinajstić information content (AvgIpc) is 2.54. The molecular weight excluding hydrogens is 276 g/mol. The van der Waals surface area contributed by atoms with E-state index in [4.69, 9.17) is 0 Å². The normalized spacial score (nSPS) is 18.7. The topological polar surface area (TPSA) is 49.4 Å². The molecule has 0 spiro atoms. The van der Waals surface area contributed by atoms with Crippen LogP contribution in [0.25, 0.3) is 0 Å². The number of ketones is 1. The summed E-state index contributed by atoms with van der Waals surface area (Å²) in [4.78, 5) is 26.0. The fourth-order valence-electron chi connectivity index (χ4n) is 3.53. The Bertz CT molecular complexity index is 576. The predicted molar refractivity (Wildman–Crippen MR) is 87.5 cm³/mol. The van der Waals surface area contributed by atoms with Crippen LogP contribution in [0.15, 0.2) is 18.2 Å². The Morgan fingerprint density at radius 1 is 1.14 bits per heavy atom. The van der Waals surface area contributed by atoms with Crippen molar-refractivity contribution < 1.29 is 9.59 Å². The summed E-state index contributed by atoms with van der Waals surface area (Å²) in [5, 5.41) is 3.19. The molecule has 0 atom stereocenters. The van der Waals surface area contributed by atoms with Gasteiger partial charge >= 0.3 is 6.03 Å². The van der Waals surface area contributed by atoms with Crippen LogP contribution in [0.5, 0.6) is 0 Å². The summed E-state index contributed by atoms with van der Waals surface area (Å²) in [6.45, 7) is 2.34. The molecule has 2 aliphatic rings. The second-order valence-electron chi connectivity index (χ2n) is 6.44. The van der Waals surface area contributed by atoms with Crippen molar-refractivity contribution in [1.82, 2.24) is 5.32 Å². The molecule has 1 N–H and O–H groups in total. The maximum atomic E-state index is 12.6. The van der Waals surface area contributed by atoms with Crippen molar-refractivity contribution in [1.29, 1.82) is 0 Å². The van der Waals surface area contributed by atoms with Gasteiger partial charge in [-0.3, -0.25) is 9.69 Å². The van der Waals surface area contributed by atoms with Crippen molar-refractivity contribution in [2.45, 2.75) is 57.9 Å². The molecule has 2 amide bonds. The second kappa shape index (κ2) is 6.51. The molecule has 0 aromatic heterocycles. The first-order chi connectivity index (χ1) is 10.6. The molecule has 0 bridgehead atoms. The van der Waals surface area contributed by atoms with E-state index in [-0.39, 0.29) is 11.8 Å². The van der Waals surface area contributed by atoms with Gasteiger partial charge in [0.15, 0.2) is 5.78 Å². The summed E-state index contributed by atoms with van der Waals surface area (Å²) in [6.07, 6.45) is 7.78. The summed E-state index contributed by atoms with van der Waals surface area (Å²) in [6, 6.07) is 6.03. The van der Waals surface area contributed by atoms with Crippen molar-refractivity contribution >= 4 is 17.5 Å². The van der Waals surface area contributed by atoms with E-state index >= 15 is 0 Å². The van der Waals surface area contributed by atoms with Crippen LogP contribution in [0, 0.1) is 0 Å². The Hall–Kier alpha value is -1.84. The Labute approximate surface area is 131 Å². The minimum Gasteiger partial charge on any atom is -0.335 e. The highest BCUT2D eigenvalue weighted by Crippen LogP contribution is 2.28. The van der Waals surface area contributed by atoms with Crippen LogP contribution in [-0.2, 0) is 6.42 Å². The van der Waals surface area contributed by atoms with E-state index in [1.807, 2.05) is 23.1 Å². The van der Waals surface area contributed by atoms with Gasteiger partial charge in [0.25, 0.3) is 0 Å². The van der Waals surface area contributed by atoms with E-state index in [1.54, 1.807) is 6.92 Å². The van der Waals surface area contributed by atoms with Gasteiger partial charge < -0.3 is 5.32 Å². The quantitative estimate of drug-likeness (QED) is 0.847. The van der Waals surface area contributed by atoms with Crippen LogP contribution in [0.2, 0.25) is 0 Å². The molecule has 1 heterocycles.